The second-order valence-corrected chi connectivity index (χ2v) is 4.09. The van der Waals surface area contributed by atoms with E-state index in [9.17, 15) is 0 Å². The van der Waals surface area contributed by atoms with Crippen molar-refractivity contribution in [1.29, 1.82) is 0 Å². The summed E-state index contributed by atoms with van der Waals surface area (Å²) < 4.78 is 0. The molecule has 15 heavy (non-hydrogen) atoms. The van der Waals surface area contributed by atoms with Crippen molar-refractivity contribution in [3.63, 3.8) is 0 Å². The zero-order valence-electron chi connectivity index (χ0n) is 9.33. The minimum absolute atomic E-state index is 1.03. The predicted molar refractivity (Wildman–Crippen MR) is 65.2 cm³/mol. The highest BCUT2D eigenvalue weighted by Crippen LogP contribution is 2.15. The van der Waals surface area contributed by atoms with Crippen LogP contribution in [-0.4, -0.2) is 0 Å². The highest BCUT2D eigenvalue weighted by molar-refractivity contribution is 5.34. The van der Waals surface area contributed by atoms with Crippen LogP contribution < -0.4 is 0 Å². The van der Waals surface area contributed by atoms with Crippen molar-refractivity contribution in [3.8, 4) is 0 Å². The third-order valence-electron chi connectivity index (χ3n) is 2.74. The molecule has 0 radical (unpaired) electrons. The predicted octanol–water partition coefficient (Wildman–Crippen LogP) is 3.89. The molecule has 2 aromatic carbocycles. The average molecular weight is 196 g/mol. The standard InChI is InChI=1S/C15H16/c1-12-8-9-15(13(2)10-12)11-14-6-4-3-5-7-14/h3-10H,11H2,1-2H3. The van der Waals surface area contributed by atoms with Crippen molar-refractivity contribution in [3.05, 3.63) is 70.8 Å². The van der Waals surface area contributed by atoms with E-state index in [0.29, 0.717) is 0 Å². The van der Waals surface area contributed by atoms with Crippen LogP contribution in [0.15, 0.2) is 48.5 Å². The Labute approximate surface area is 91.6 Å². The first-order chi connectivity index (χ1) is 7.25. The smallest absolute Gasteiger partial charge is 0.00231 e. The lowest BCUT2D eigenvalue weighted by Crippen LogP contribution is -1.91. The first-order valence-electron chi connectivity index (χ1n) is 5.36. The summed E-state index contributed by atoms with van der Waals surface area (Å²) in [5.74, 6) is 0. The number of rotatable bonds is 2. The number of hydrogen-bond donors (Lipinski definition) is 0. The summed E-state index contributed by atoms with van der Waals surface area (Å²) in [4.78, 5) is 0. The minimum atomic E-state index is 1.03. The van der Waals surface area contributed by atoms with Gasteiger partial charge in [0.1, 0.15) is 0 Å². The maximum absolute atomic E-state index is 2.25. The third-order valence-corrected chi connectivity index (χ3v) is 2.74. The van der Waals surface area contributed by atoms with E-state index in [1.807, 2.05) is 0 Å². The van der Waals surface area contributed by atoms with E-state index in [4.69, 9.17) is 0 Å². The molecule has 0 heterocycles. The molecule has 0 amide bonds. The van der Waals surface area contributed by atoms with Gasteiger partial charge in [-0.25, -0.2) is 0 Å². The average Bonchev–Trinajstić information content (AvgIpc) is 2.24. The van der Waals surface area contributed by atoms with E-state index >= 15 is 0 Å². The Morgan fingerprint density at radius 2 is 1.60 bits per heavy atom. The quantitative estimate of drug-likeness (QED) is 0.683. The van der Waals surface area contributed by atoms with E-state index in [1.165, 1.54) is 22.3 Å². The van der Waals surface area contributed by atoms with Crippen LogP contribution in [-0.2, 0) is 6.42 Å². The van der Waals surface area contributed by atoms with Crippen LogP contribution in [0.3, 0.4) is 0 Å². The van der Waals surface area contributed by atoms with Gasteiger partial charge in [-0.15, -0.1) is 0 Å². The van der Waals surface area contributed by atoms with Crippen molar-refractivity contribution in [2.45, 2.75) is 20.3 Å². The molecule has 0 aliphatic rings. The zero-order chi connectivity index (χ0) is 10.7. The Balaban J connectivity index is 2.25. The van der Waals surface area contributed by atoms with Gasteiger partial charge in [-0.1, -0.05) is 54.1 Å². The molecule has 0 aliphatic heterocycles. The molecular weight excluding hydrogens is 180 g/mol. The summed E-state index contributed by atoms with van der Waals surface area (Å²) in [6.07, 6.45) is 1.03. The second-order valence-electron chi connectivity index (χ2n) is 4.09. The van der Waals surface area contributed by atoms with Crippen LogP contribution >= 0.6 is 0 Å². The highest BCUT2D eigenvalue weighted by Gasteiger charge is 1.99. The van der Waals surface area contributed by atoms with Crippen LogP contribution in [0.1, 0.15) is 22.3 Å². The van der Waals surface area contributed by atoms with Gasteiger partial charge in [0.15, 0.2) is 0 Å². The molecule has 0 unspecified atom stereocenters. The monoisotopic (exact) mass is 196 g/mol. The fourth-order valence-electron chi connectivity index (χ4n) is 1.86. The Bertz CT molecular complexity index is 441. The SMILES string of the molecule is Cc1ccc(Cc2ccccc2)c(C)c1. The molecule has 2 aromatic rings. The molecular formula is C15H16. The van der Waals surface area contributed by atoms with Gasteiger partial charge in [0.25, 0.3) is 0 Å². The summed E-state index contributed by atoms with van der Waals surface area (Å²) in [6.45, 7) is 4.32. The van der Waals surface area contributed by atoms with Crippen molar-refractivity contribution >= 4 is 0 Å². The first-order valence-corrected chi connectivity index (χ1v) is 5.36. The molecule has 0 bridgehead atoms. The molecule has 0 aliphatic carbocycles. The van der Waals surface area contributed by atoms with Gasteiger partial charge in [0, 0.05) is 0 Å². The lowest BCUT2D eigenvalue weighted by Gasteiger charge is -2.06. The molecule has 0 fully saturated rings. The topological polar surface area (TPSA) is 0 Å². The lowest BCUT2D eigenvalue weighted by molar-refractivity contribution is 1.15. The summed E-state index contributed by atoms with van der Waals surface area (Å²) in [7, 11) is 0. The van der Waals surface area contributed by atoms with E-state index in [-0.39, 0.29) is 0 Å². The molecule has 0 heteroatoms. The Hall–Kier alpha value is -1.56. The zero-order valence-corrected chi connectivity index (χ0v) is 9.33. The Morgan fingerprint density at radius 1 is 0.867 bits per heavy atom. The molecule has 0 N–H and O–H groups in total. The second kappa shape index (κ2) is 4.31. The Kier molecular flexibility index (Phi) is 2.86. The summed E-state index contributed by atoms with van der Waals surface area (Å²) in [5, 5.41) is 0. The molecule has 0 saturated carbocycles. The van der Waals surface area contributed by atoms with Crippen LogP contribution in [0.5, 0.6) is 0 Å². The third kappa shape index (κ3) is 2.47. The number of hydrogen-bond acceptors (Lipinski definition) is 0. The lowest BCUT2D eigenvalue weighted by atomic mass is 9.99. The van der Waals surface area contributed by atoms with Gasteiger partial charge in [-0.2, -0.15) is 0 Å². The summed E-state index contributed by atoms with van der Waals surface area (Å²) >= 11 is 0. The molecule has 76 valence electrons. The fourth-order valence-corrected chi connectivity index (χ4v) is 1.86. The van der Waals surface area contributed by atoms with Gasteiger partial charge in [-0.05, 0) is 37.0 Å². The van der Waals surface area contributed by atoms with Gasteiger partial charge >= 0.3 is 0 Å². The van der Waals surface area contributed by atoms with E-state index in [2.05, 4.69) is 62.4 Å². The van der Waals surface area contributed by atoms with E-state index in [1.54, 1.807) is 0 Å². The van der Waals surface area contributed by atoms with E-state index in [0.717, 1.165) is 6.42 Å². The molecule has 0 atom stereocenters. The maximum Gasteiger partial charge on any atom is -0.00231 e. The molecule has 0 nitrogen and oxygen atoms in total. The molecule has 0 aromatic heterocycles. The molecule has 2 rings (SSSR count). The maximum atomic E-state index is 2.25. The van der Waals surface area contributed by atoms with Crippen LogP contribution in [0, 0.1) is 13.8 Å². The minimum Gasteiger partial charge on any atom is -0.0622 e. The molecule has 0 spiro atoms. The van der Waals surface area contributed by atoms with Gasteiger partial charge in [0.2, 0.25) is 0 Å². The van der Waals surface area contributed by atoms with Crippen LogP contribution in [0.25, 0.3) is 0 Å². The molecule has 0 saturated heterocycles. The normalized spacial score (nSPS) is 10.3. The first kappa shape index (κ1) is 9.97. The largest absolute Gasteiger partial charge is 0.0622 e. The number of benzene rings is 2. The summed E-state index contributed by atoms with van der Waals surface area (Å²) in [5.41, 5.74) is 5.53. The van der Waals surface area contributed by atoms with Crippen LogP contribution in [0.4, 0.5) is 0 Å². The van der Waals surface area contributed by atoms with Gasteiger partial charge in [-0.3, -0.25) is 0 Å². The van der Waals surface area contributed by atoms with Crippen molar-refractivity contribution < 1.29 is 0 Å². The highest BCUT2D eigenvalue weighted by atomic mass is 14.0. The van der Waals surface area contributed by atoms with Crippen molar-refractivity contribution in [2.24, 2.45) is 0 Å². The van der Waals surface area contributed by atoms with Crippen LogP contribution in [0.2, 0.25) is 0 Å². The van der Waals surface area contributed by atoms with E-state index < -0.39 is 0 Å². The van der Waals surface area contributed by atoms with Gasteiger partial charge in [0.05, 0.1) is 0 Å². The summed E-state index contributed by atoms with van der Waals surface area (Å²) in [6, 6.07) is 17.3. The Morgan fingerprint density at radius 3 is 2.27 bits per heavy atom. The van der Waals surface area contributed by atoms with Gasteiger partial charge < -0.3 is 0 Å². The number of aryl methyl sites for hydroxylation is 2. The fraction of sp³-hybridized carbons (Fsp3) is 0.200. The van der Waals surface area contributed by atoms with Crippen molar-refractivity contribution in [1.82, 2.24) is 0 Å². The van der Waals surface area contributed by atoms with Crippen molar-refractivity contribution in [2.75, 3.05) is 0 Å².